The van der Waals surface area contributed by atoms with Crippen molar-refractivity contribution in [3.05, 3.63) is 23.5 Å². The number of carboxylic acids is 1. The molecule has 14 heavy (non-hydrogen) atoms. The Balaban J connectivity index is 2.60. The van der Waals surface area contributed by atoms with E-state index in [0.29, 0.717) is 0 Å². The van der Waals surface area contributed by atoms with Crippen LogP contribution in [0.5, 0.6) is 11.5 Å². The Kier molecular flexibility index (Phi) is 1.77. The van der Waals surface area contributed by atoms with Gasteiger partial charge >= 0.3 is 12.5 Å². The normalized spacial score (nSPS) is 18.3. The molecule has 0 saturated carbocycles. The molecule has 2 rings (SSSR count). The highest BCUT2D eigenvalue weighted by Crippen LogP contribution is 2.39. The summed E-state index contributed by atoms with van der Waals surface area (Å²) in [6.45, 7) is -2.08. The number of hydrogen-bond donors (Lipinski definition) is 1. The predicted molar refractivity (Wildman–Crippen MR) is 39.5 cm³/mol. The third kappa shape index (κ3) is 1.15. The van der Waals surface area contributed by atoms with E-state index in [0.717, 1.165) is 12.1 Å². The van der Waals surface area contributed by atoms with Gasteiger partial charge < -0.3 is 14.6 Å². The first-order chi connectivity index (χ1) is 6.59. The summed E-state index contributed by atoms with van der Waals surface area (Å²) in [7, 11) is 0. The Morgan fingerprint density at radius 2 is 2.14 bits per heavy atom. The second-order valence-corrected chi connectivity index (χ2v) is 2.56. The number of aromatic carboxylic acids is 1. The molecule has 74 valence electrons. The Bertz CT molecular complexity index is 405. The van der Waals surface area contributed by atoms with Crippen LogP contribution in [0, 0.1) is 5.82 Å². The standard InChI is InChI=1S/C8H4F2O4/c9-3-1-2-4-6(5(3)7(11)12)14-8(10)13-4/h1-2,8H,(H,11,12). The molecule has 1 atom stereocenters. The molecule has 0 fully saturated rings. The molecule has 0 aromatic heterocycles. The summed E-state index contributed by atoms with van der Waals surface area (Å²) >= 11 is 0. The lowest BCUT2D eigenvalue weighted by molar-refractivity contribution is -0.0654. The number of hydrogen-bond acceptors (Lipinski definition) is 3. The van der Waals surface area contributed by atoms with Gasteiger partial charge in [0.05, 0.1) is 0 Å². The lowest BCUT2D eigenvalue weighted by Gasteiger charge is -2.01. The van der Waals surface area contributed by atoms with Crippen molar-refractivity contribution in [1.82, 2.24) is 0 Å². The molecular weight excluding hydrogens is 198 g/mol. The van der Waals surface area contributed by atoms with E-state index in [-0.39, 0.29) is 5.75 Å². The lowest BCUT2D eigenvalue weighted by atomic mass is 10.2. The van der Waals surface area contributed by atoms with Crippen LogP contribution in [0.2, 0.25) is 0 Å². The van der Waals surface area contributed by atoms with Gasteiger partial charge in [-0.15, -0.1) is 0 Å². The minimum absolute atomic E-state index is 0.115. The molecule has 4 nitrogen and oxygen atoms in total. The van der Waals surface area contributed by atoms with Gasteiger partial charge in [-0.2, -0.15) is 4.39 Å². The monoisotopic (exact) mass is 202 g/mol. The molecule has 0 saturated heterocycles. The molecule has 1 heterocycles. The summed E-state index contributed by atoms with van der Waals surface area (Å²) in [4.78, 5) is 10.6. The number of benzene rings is 1. The Hall–Kier alpha value is -1.85. The van der Waals surface area contributed by atoms with Gasteiger partial charge in [0, 0.05) is 0 Å². The fourth-order valence-corrected chi connectivity index (χ4v) is 1.17. The van der Waals surface area contributed by atoms with E-state index in [1.807, 2.05) is 0 Å². The molecule has 0 aliphatic carbocycles. The SMILES string of the molecule is O=C(O)c1c(F)ccc2c1OC(F)O2. The average molecular weight is 202 g/mol. The van der Waals surface area contributed by atoms with Gasteiger partial charge in [0.15, 0.2) is 11.5 Å². The quantitative estimate of drug-likeness (QED) is 0.750. The zero-order valence-corrected chi connectivity index (χ0v) is 6.66. The zero-order valence-electron chi connectivity index (χ0n) is 6.66. The Morgan fingerprint density at radius 1 is 1.43 bits per heavy atom. The second kappa shape index (κ2) is 2.83. The summed E-state index contributed by atoms with van der Waals surface area (Å²) in [6, 6.07) is 1.99. The largest absolute Gasteiger partial charge is 0.477 e. The highest BCUT2D eigenvalue weighted by molar-refractivity contribution is 5.92. The molecular formula is C8H4F2O4. The van der Waals surface area contributed by atoms with Crippen molar-refractivity contribution in [2.45, 2.75) is 6.54 Å². The minimum atomic E-state index is -2.08. The minimum Gasteiger partial charge on any atom is -0.477 e. The summed E-state index contributed by atoms with van der Waals surface area (Å²) in [5.74, 6) is -3.05. The number of carbonyl (C=O) groups is 1. The first kappa shape index (κ1) is 8.74. The number of alkyl halides is 1. The predicted octanol–water partition coefficient (Wildman–Crippen LogP) is 1.55. The zero-order chi connectivity index (χ0) is 10.3. The van der Waals surface area contributed by atoms with Crippen molar-refractivity contribution in [2.75, 3.05) is 0 Å². The van der Waals surface area contributed by atoms with Gasteiger partial charge in [0.25, 0.3) is 0 Å². The molecule has 1 aromatic rings. The van der Waals surface area contributed by atoms with Crippen molar-refractivity contribution >= 4 is 5.97 Å². The second-order valence-electron chi connectivity index (χ2n) is 2.56. The third-order valence-corrected chi connectivity index (χ3v) is 1.71. The van der Waals surface area contributed by atoms with Crippen molar-refractivity contribution in [2.24, 2.45) is 0 Å². The molecule has 0 bridgehead atoms. The highest BCUT2D eigenvalue weighted by atomic mass is 19.2. The number of carboxylic acid groups (broad SMARTS) is 1. The van der Waals surface area contributed by atoms with Crippen molar-refractivity contribution < 1.29 is 28.2 Å². The van der Waals surface area contributed by atoms with Gasteiger partial charge in [-0.1, -0.05) is 0 Å². The third-order valence-electron chi connectivity index (χ3n) is 1.71. The summed E-state index contributed by atoms with van der Waals surface area (Å²) in [5.41, 5.74) is -0.720. The van der Waals surface area contributed by atoms with Gasteiger partial charge in [0.1, 0.15) is 11.4 Å². The van der Waals surface area contributed by atoms with Crippen LogP contribution in [0.15, 0.2) is 12.1 Å². The number of fused-ring (bicyclic) bond motifs is 1. The maximum atomic E-state index is 13.0. The van der Waals surface area contributed by atoms with Gasteiger partial charge in [-0.25, -0.2) is 9.18 Å². The topological polar surface area (TPSA) is 55.8 Å². The number of halogens is 2. The first-order valence-corrected chi connectivity index (χ1v) is 3.63. The van der Waals surface area contributed by atoms with Gasteiger partial charge in [0.2, 0.25) is 0 Å². The highest BCUT2D eigenvalue weighted by Gasteiger charge is 2.31. The summed E-state index contributed by atoms with van der Waals surface area (Å²) in [5, 5.41) is 8.62. The van der Waals surface area contributed by atoms with Crippen LogP contribution in [-0.4, -0.2) is 17.6 Å². The van der Waals surface area contributed by atoms with Crippen LogP contribution in [-0.2, 0) is 0 Å². The molecule has 6 heteroatoms. The van der Waals surface area contributed by atoms with E-state index in [4.69, 9.17) is 5.11 Å². The molecule has 0 radical (unpaired) electrons. The Labute approximate surface area is 76.7 Å². The Morgan fingerprint density at radius 3 is 2.79 bits per heavy atom. The average Bonchev–Trinajstić information content (AvgIpc) is 2.43. The summed E-state index contributed by atoms with van der Waals surface area (Å²) in [6.07, 6.45) is 0. The van der Waals surface area contributed by atoms with Gasteiger partial charge in [-0.3, -0.25) is 0 Å². The molecule has 1 aromatic carbocycles. The van der Waals surface area contributed by atoms with Crippen LogP contribution in [0.4, 0.5) is 8.78 Å². The molecule has 1 unspecified atom stereocenters. The maximum Gasteiger partial charge on any atom is 0.397 e. The van der Waals surface area contributed by atoms with E-state index in [9.17, 15) is 13.6 Å². The van der Waals surface area contributed by atoms with E-state index in [2.05, 4.69) is 9.47 Å². The van der Waals surface area contributed by atoms with Crippen molar-refractivity contribution in [3.63, 3.8) is 0 Å². The van der Waals surface area contributed by atoms with Crippen LogP contribution >= 0.6 is 0 Å². The summed E-state index contributed by atoms with van der Waals surface area (Å²) < 4.78 is 34.3. The fourth-order valence-electron chi connectivity index (χ4n) is 1.17. The molecule has 1 aliphatic rings. The molecule has 0 amide bonds. The van der Waals surface area contributed by atoms with Crippen molar-refractivity contribution in [3.8, 4) is 11.5 Å². The number of ether oxygens (including phenoxy) is 2. The van der Waals surface area contributed by atoms with Crippen LogP contribution in [0.25, 0.3) is 0 Å². The number of rotatable bonds is 1. The van der Waals surface area contributed by atoms with Gasteiger partial charge in [-0.05, 0) is 12.1 Å². The molecule has 0 spiro atoms. The lowest BCUT2D eigenvalue weighted by Crippen LogP contribution is -2.10. The smallest absolute Gasteiger partial charge is 0.397 e. The first-order valence-electron chi connectivity index (χ1n) is 3.63. The van der Waals surface area contributed by atoms with Crippen LogP contribution < -0.4 is 9.47 Å². The molecule has 1 aliphatic heterocycles. The fraction of sp³-hybridized carbons (Fsp3) is 0.125. The molecule has 1 N–H and O–H groups in total. The van der Waals surface area contributed by atoms with Crippen LogP contribution in [0.1, 0.15) is 10.4 Å². The van der Waals surface area contributed by atoms with E-state index < -0.39 is 29.6 Å². The van der Waals surface area contributed by atoms with Crippen molar-refractivity contribution in [1.29, 1.82) is 0 Å². The van der Waals surface area contributed by atoms with E-state index in [1.54, 1.807) is 0 Å². The van der Waals surface area contributed by atoms with E-state index >= 15 is 0 Å². The maximum absolute atomic E-state index is 13.0. The van der Waals surface area contributed by atoms with Crippen LogP contribution in [0.3, 0.4) is 0 Å². The van der Waals surface area contributed by atoms with E-state index in [1.165, 1.54) is 0 Å².